The number of rotatable bonds is 4. The number of benzene rings is 2. The summed E-state index contributed by atoms with van der Waals surface area (Å²) in [7, 11) is 0. The minimum Gasteiger partial charge on any atom is -0.384 e. The summed E-state index contributed by atoms with van der Waals surface area (Å²) in [6.45, 7) is 1.52. The van der Waals surface area contributed by atoms with E-state index in [0.29, 0.717) is 5.56 Å². The van der Waals surface area contributed by atoms with Gasteiger partial charge in [-0.3, -0.25) is 4.79 Å². The number of halogens is 2. The first-order valence-electron chi connectivity index (χ1n) is 6.41. The Hall–Kier alpha value is -2.27. The van der Waals surface area contributed by atoms with Gasteiger partial charge < -0.3 is 10.4 Å². The van der Waals surface area contributed by atoms with Crippen molar-refractivity contribution in [2.24, 2.45) is 0 Å². The lowest BCUT2D eigenvalue weighted by molar-refractivity contribution is 0.0526. The van der Waals surface area contributed by atoms with Crippen LogP contribution in [0.1, 0.15) is 22.8 Å². The van der Waals surface area contributed by atoms with E-state index in [4.69, 9.17) is 0 Å². The van der Waals surface area contributed by atoms with Gasteiger partial charge in [-0.1, -0.05) is 30.3 Å². The quantitative estimate of drug-likeness (QED) is 0.909. The number of carbonyl (C=O) groups is 1. The number of nitrogens with one attached hydrogen (secondary N) is 1. The molecule has 21 heavy (non-hydrogen) atoms. The molecule has 0 bridgehead atoms. The van der Waals surface area contributed by atoms with Crippen molar-refractivity contribution in [3.05, 3.63) is 71.3 Å². The zero-order valence-electron chi connectivity index (χ0n) is 11.4. The second-order valence-corrected chi connectivity index (χ2v) is 4.95. The van der Waals surface area contributed by atoms with Crippen LogP contribution in [0.25, 0.3) is 0 Å². The standard InChI is InChI=1S/C16H15F2NO2/c1-16(21,12-5-3-2-4-6-12)10-19-15(20)11-7-8-13(17)14(18)9-11/h2-9,21H,10H2,1H3,(H,19,20)/t16-/m0/s1. The van der Waals surface area contributed by atoms with Crippen LogP contribution >= 0.6 is 0 Å². The molecule has 0 saturated heterocycles. The Morgan fingerprint density at radius 2 is 1.81 bits per heavy atom. The number of amides is 1. The summed E-state index contributed by atoms with van der Waals surface area (Å²) < 4.78 is 25.9. The number of hydrogen-bond donors (Lipinski definition) is 2. The second-order valence-electron chi connectivity index (χ2n) is 4.95. The van der Waals surface area contributed by atoms with Crippen LogP contribution in [-0.4, -0.2) is 17.6 Å². The first-order valence-corrected chi connectivity index (χ1v) is 6.41. The molecule has 2 rings (SSSR count). The van der Waals surface area contributed by atoms with Crippen molar-refractivity contribution < 1.29 is 18.7 Å². The van der Waals surface area contributed by atoms with Crippen LogP contribution in [0, 0.1) is 11.6 Å². The number of aliphatic hydroxyl groups is 1. The van der Waals surface area contributed by atoms with Crippen LogP contribution < -0.4 is 5.32 Å². The Morgan fingerprint density at radius 1 is 1.14 bits per heavy atom. The van der Waals surface area contributed by atoms with E-state index < -0.39 is 23.1 Å². The van der Waals surface area contributed by atoms with E-state index in [-0.39, 0.29) is 12.1 Å². The number of hydrogen-bond acceptors (Lipinski definition) is 2. The Labute approximate surface area is 121 Å². The Kier molecular flexibility index (Phi) is 4.33. The van der Waals surface area contributed by atoms with E-state index in [1.54, 1.807) is 31.2 Å². The molecule has 2 N–H and O–H groups in total. The average Bonchev–Trinajstić information content (AvgIpc) is 2.48. The molecule has 0 radical (unpaired) electrons. The highest BCUT2D eigenvalue weighted by Crippen LogP contribution is 2.19. The molecule has 0 aromatic heterocycles. The van der Waals surface area contributed by atoms with Crippen LogP contribution in [0.5, 0.6) is 0 Å². The second kappa shape index (κ2) is 6.01. The van der Waals surface area contributed by atoms with Crippen LogP contribution in [0.4, 0.5) is 8.78 Å². The van der Waals surface area contributed by atoms with Crippen molar-refractivity contribution in [2.75, 3.05) is 6.54 Å². The molecular weight excluding hydrogens is 276 g/mol. The third-order valence-electron chi connectivity index (χ3n) is 3.17. The Balaban J connectivity index is 2.05. The summed E-state index contributed by atoms with van der Waals surface area (Å²) in [5, 5.41) is 12.8. The minimum absolute atomic E-state index is 0.00207. The zero-order valence-corrected chi connectivity index (χ0v) is 11.4. The monoisotopic (exact) mass is 291 g/mol. The highest BCUT2D eigenvalue weighted by atomic mass is 19.2. The Bertz CT molecular complexity index is 642. The summed E-state index contributed by atoms with van der Waals surface area (Å²) in [6, 6.07) is 11.8. The lowest BCUT2D eigenvalue weighted by Crippen LogP contribution is -2.38. The van der Waals surface area contributed by atoms with Crippen LogP contribution in [0.15, 0.2) is 48.5 Å². The molecule has 0 aliphatic carbocycles. The molecule has 0 fully saturated rings. The van der Waals surface area contributed by atoms with Crippen molar-refractivity contribution in [3.63, 3.8) is 0 Å². The van der Waals surface area contributed by atoms with Gasteiger partial charge in [0.2, 0.25) is 0 Å². The molecule has 1 atom stereocenters. The fourth-order valence-electron chi connectivity index (χ4n) is 1.89. The van der Waals surface area contributed by atoms with E-state index in [1.165, 1.54) is 6.07 Å². The van der Waals surface area contributed by atoms with Gasteiger partial charge in [0.1, 0.15) is 5.60 Å². The summed E-state index contributed by atoms with van der Waals surface area (Å²) in [6.07, 6.45) is 0. The minimum atomic E-state index is -1.25. The maximum Gasteiger partial charge on any atom is 0.251 e. The molecule has 3 nitrogen and oxygen atoms in total. The summed E-state index contributed by atoms with van der Waals surface area (Å²) in [5.74, 6) is -2.68. The van der Waals surface area contributed by atoms with Gasteiger partial charge in [0, 0.05) is 5.56 Å². The molecular formula is C16H15F2NO2. The molecule has 1 amide bonds. The molecule has 0 aliphatic rings. The maximum atomic E-state index is 13.1. The van der Waals surface area contributed by atoms with E-state index in [2.05, 4.69) is 5.32 Å². The van der Waals surface area contributed by atoms with Gasteiger partial charge >= 0.3 is 0 Å². The molecule has 110 valence electrons. The molecule has 0 spiro atoms. The van der Waals surface area contributed by atoms with Crippen molar-refractivity contribution >= 4 is 5.91 Å². The van der Waals surface area contributed by atoms with Crippen molar-refractivity contribution in [1.82, 2.24) is 5.32 Å². The van der Waals surface area contributed by atoms with Gasteiger partial charge in [-0.15, -0.1) is 0 Å². The largest absolute Gasteiger partial charge is 0.384 e. The molecule has 2 aromatic carbocycles. The van der Waals surface area contributed by atoms with Crippen molar-refractivity contribution in [1.29, 1.82) is 0 Å². The normalized spacial score (nSPS) is 13.5. The van der Waals surface area contributed by atoms with E-state index >= 15 is 0 Å². The van der Waals surface area contributed by atoms with Gasteiger partial charge in [0.15, 0.2) is 11.6 Å². The van der Waals surface area contributed by atoms with Gasteiger partial charge in [-0.25, -0.2) is 8.78 Å². The summed E-state index contributed by atoms with van der Waals surface area (Å²) in [4.78, 5) is 11.9. The topological polar surface area (TPSA) is 49.3 Å². The third-order valence-corrected chi connectivity index (χ3v) is 3.17. The van der Waals surface area contributed by atoms with Crippen LogP contribution in [-0.2, 0) is 5.60 Å². The fourth-order valence-corrected chi connectivity index (χ4v) is 1.89. The fraction of sp³-hybridized carbons (Fsp3) is 0.188. The Morgan fingerprint density at radius 3 is 2.43 bits per heavy atom. The van der Waals surface area contributed by atoms with E-state index in [0.717, 1.165) is 12.1 Å². The molecule has 0 saturated carbocycles. The van der Waals surface area contributed by atoms with E-state index in [1.807, 2.05) is 6.07 Å². The molecule has 0 heterocycles. The predicted octanol–water partition coefficient (Wildman–Crippen LogP) is 2.60. The smallest absolute Gasteiger partial charge is 0.251 e. The lowest BCUT2D eigenvalue weighted by atomic mass is 9.96. The lowest BCUT2D eigenvalue weighted by Gasteiger charge is -2.24. The molecule has 5 heteroatoms. The first-order chi connectivity index (χ1) is 9.90. The SMILES string of the molecule is C[C@](O)(CNC(=O)c1ccc(F)c(F)c1)c1ccccc1. The van der Waals surface area contributed by atoms with Gasteiger partial charge in [-0.2, -0.15) is 0 Å². The van der Waals surface area contributed by atoms with Gasteiger partial charge in [-0.05, 0) is 30.7 Å². The molecule has 0 unspecified atom stereocenters. The van der Waals surface area contributed by atoms with Crippen LogP contribution in [0.3, 0.4) is 0 Å². The van der Waals surface area contributed by atoms with Gasteiger partial charge in [0.05, 0.1) is 6.54 Å². The third kappa shape index (κ3) is 3.64. The summed E-state index contributed by atoms with van der Waals surface area (Å²) >= 11 is 0. The predicted molar refractivity (Wildman–Crippen MR) is 74.7 cm³/mol. The molecule has 0 aliphatic heterocycles. The van der Waals surface area contributed by atoms with Gasteiger partial charge in [0.25, 0.3) is 5.91 Å². The zero-order chi connectivity index (χ0) is 15.5. The van der Waals surface area contributed by atoms with Crippen molar-refractivity contribution in [3.8, 4) is 0 Å². The highest BCUT2D eigenvalue weighted by molar-refractivity contribution is 5.94. The highest BCUT2D eigenvalue weighted by Gasteiger charge is 2.23. The summed E-state index contributed by atoms with van der Waals surface area (Å²) in [5.41, 5.74) is -0.608. The maximum absolute atomic E-state index is 13.1. The van der Waals surface area contributed by atoms with E-state index in [9.17, 15) is 18.7 Å². The average molecular weight is 291 g/mol. The number of carbonyl (C=O) groups excluding carboxylic acids is 1. The van der Waals surface area contributed by atoms with Crippen LogP contribution in [0.2, 0.25) is 0 Å². The molecule has 2 aromatic rings. The van der Waals surface area contributed by atoms with Crippen molar-refractivity contribution in [2.45, 2.75) is 12.5 Å². The first kappa shape index (κ1) is 15.1.